The van der Waals surface area contributed by atoms with Crippen molar-refractivity contribution in [2.24, 2.45) is 0 Å². The van der Waals surface area contributed by atoms with Crippen LogP contribution in [0.25, 0.3) is 0 Å². The number of carbonyl (C=O) groups excluding carboxylic acids is 1. The van der Waals surface area contributed by atoms with Gasteiger partial charge in [-0.15, -0.1) is 0 Å². The third-order valence-corrected chi connectivity index (χ3v) is 5.08. The number of fused-ring (bicyclic) bond motifs is 1. The summed E-state index contributed by atoms with van der Waals surface area (Å²) in [4.78, 5) is 19.4. The van der Waals surface area contributed by atoms with Gasteiger partial charge in [0.2, 0.25) is 0 Å². The Morgan fingerprint density at radius 2 is 1.86 bits per heavy atom. The third-order valence-electron chi connectivity index (χ3n) is 5.08. The van der Waals surface area contributed by atoms with Gasteiger partial charge < -0.3 is 9.64 Å². The maximum absolute atomic E-state index is 13.2. The lowest BCUT2D eigenvalue weighted by atomic mass is 10.0. The van der Waals surface area contributed by atoms with Crippen molar-refractivity contribution in [3.05, 3.63) is 94.8 Å². The zero-order chi connectivity index (χ0) is 20.1. The normalized spacial score (nSPS) is 12.9. The van der Waals surface area contributed by atoms with Crippen LogP contribution in [0, 0.1) is 11.8 Å². The van der Waals surface area contributed by atoms with Crippen LogP contribution in [-0.2, 0) is 13.0 Å². The molecule has 144 valence electrons. The highest BCUT2D eigenvalue weighted by molar-refractivity contribution is 5.95. The van der Waals surface area contributed by atoms with Crippen molar-refractivity contribution in [3.63, 3.8) is 0 Å². The predicted octanol–water partition coefficient (Wildman–Crippen LogP) is 4.08. The summed E-state index contributed by atoms with van der Waals surface area (Å²) < 4.78 is 5.43. The quantitative estimate of drug-likeness (QED) is 0.627. The maximum atomic E-state index is 13.2. The lowest BCUT2D eigenvalue weighted by Crippen LogP contribution is -2.30. The molecule has 0 fully saturated rings. The number of ether oxygens (including phenoxy) is 1. The second-order valence-electron chi connectivity index (χ2n) is 6.98. The standard InChI is InChI=1S/C25H22N2O2/c1-29-24-14-12-21(17-20(24)11-13-23-10-4-5-15-26-23)25(28)27-16-6-9-19-7-2-3-8-22(19)18-27/h2-5,7-8,10,12,14-15,17H,6,9,16,18H2,1H3. The number of hydrogen-bond donors (Lipinski definition) is 0. The highest BCUT2D eigenvalue weighted by Gasteiger charge is 2.20. The summed E-state index contributed by atoms with van der Waals surface area (Å²) >= 11 is 0. The fraction of sp³-hybridized carbons (Fsp3) is 0.200. The molecule has 4 heteroatoms. The summed E-state index contributed by atoms with van der Waals surface area (Å²) in [5.74, 6) is 6.80. The number of benzene rings is 2. The Morgan fingerprint density at radius 3 is 2.66 bits per heavy atom. The molecule has 4 nitrogen and oxygen atoms in total. The molecule has 3 aromatic rings. The molecule has 4 rings (SSSR count). The molecule has 0 bridgehead atoms. The molecule has 0 saturated heterocycles. The van der Waals surface area contributed by atoms with E-state index in [4.69, 9.17) is 4.74 Å². The number of hydrogen-bond acceptors (Lipinski definition) is 3. The second kappa shape index (κ2) is 8.62. The van der Waals surface area contributed by atoms with Gasteiger partial charge >= 0.3 is 0 Å². The van der Waals surface area contributed by atoms with Crippen LogP contribution >= 0.6 is 0 Å². The zero-order valence-corrected chi connectivity index (χ0v) is 16.4. The van der Waals surface area contributed by atoms with Crippen molar-refractivity contribution in [2.75, 3.05) is 13.7 Å². The molecule has 2 heterocycles. The minimum Gasteiger partial charge on any atom is -0.495 e. The molecule has 0 N–H and O–H groups in total. The van der Waals surface area contributed by atoms with Gasteiger partial charge in [0.05, 0.1) is 12.7 Å². The number of rotatable bonds is 2. The second-order valence-corrected chi connectivity index (χ2v) is 6.98. The summed E-state index contributed by atoms with van der Waals surface area (Å²) in [6.45, 7) is 1.38. The van der Waals surface area contributed by atoms with Gasteiger partial charge in [-0.2, -0.15) is 0 Å². The fourth-order valence-electron chi connectivity index (χ4n) is 3.56. The molecular formula is C25H22N2O2. The van der Waals surface area contributed by atoms with Gasteiger partial charge in [-0.05, 0) is 60.2 Å². The number of nitrogens with zero attached hydrogens (tertiary/aromatic N) is 2. The first kappa shape index (κ1) is 18.8. The first-order valence-electron chi connectivity index (χ1n) is 9.72. The van der Waals surface area contributed by atoms with Crippen LogP contribution in [-0.4, -0.2) is 29.4 Å². The van der Waals surface area contributed by atoms with Crippen molar-refractivity contribution in [2.45, 2.75) is 19.4 Å². The van der Waals surface area contributed by atoms with Crippen molar-refractivity contribution >= 4 is 5.91 Å². The highest BCUT2D eigenvalue weighted by Crippen LogP contribution is 2.23. The van der Waals surface area contributed by atoms with E-state index >= 15 is 0 Å². The molecule has 0 atom stereocenters. The Bertz CT molecular complexity index is 1080. The Kier molecular flexibility index (Phi) is 5.58. The van der Waals surface area contributed by atoms with E-state index in [-0.39, 0.29) is 5.91 Å². The van der Waals surface area contributed by atoms with Gasteiger partial charge in [0.25, 0.3) is 5.91 Å². The van der Waals surface area contributed by atoms with Gasteiger partial charge in [-0.25, -0.2) is 4.98 Å². The van der Waals surface area contributed by atoms with Crippen LogP contribution in [0.3, 0.4) is 0 Å². The topological polar surface area (TPSA) is 42.4 Å². The highest BCUT2D eigenvalue weighted by atomic mass is 16.5. The van der Waals surface area contributed by atoms with Gasteiger partial charge in [-0.1, -0.05) is 36.3 Å². The van der Waals surface area contributed by atoms with E-state index in [1.54, 1.807) is 19.4 Å². The van der Waals surface area contributed by atoms with Gasteiger partial charge in [0.15, 0.2) is 0 Å². The summed E-state index contributed by atoms with van der Waals surface area (Å²) in [5.41, 5.74) is 4.53. The number of aryl methyl sites for hydroxylation is 1. The van der Waals surface area contributed by atoms with E-state index in [9.17, 15) is 4.79 Å². The van der Waals surface area contributed by atoms with E-state index in [2.05, 4.69) is 35.0 Å². The van der Waals surface area contributed by atoms with Crippen LogP contribution in [0.5, 0.6) is 5.75 Å². The van der Waals surface area contributed by atoms with E-state index in [0.29, 0.717) is 29.1 Å². The van der Waals surface area contributed by atoms with E-state index < -0.39 is 0 Å². The number of pyridine rings is 1. The summed E-state index contributed by atoms with van der Waals surface area (Å²) in [7, 11) is 1.61. The van der Waals surface area contributed by atoms with Gasteiger partial charge in [0, 0.05) is 24.8 Å². The smallest absolute Gasteiger partial charge is 0.254 e. The summed E-state index contributed by atoms with van der Waals surface area (Å²) in [5, 5.41) is 0. The van der Waals surface area contributed by atoms with Crippen LogP contribution in [0.4, 0.5) is 0 Å². The van der Waals surface area contributed by atoms with Crippen molar-refractivity contribution in [1.82, 2.24) is 9.88 Å². The molecule has 0 unspecified atom stereocenters. The predicted molar refractivity (Wildman–Crippen MR) is 113 cm³/mol. The third kappa shape index (κ3) is 4.30. The maximum Gasteiger partial charge on any atom is 0.254 e. The van der Waals surface area contributed by atoms with Crippen molar-refractivity contribution < 1.29 is 9.53 Å². The average molecular weight is 382 g/mol. The van der Waals surface area contributed by atoms with Crippen LogP contribution in [0.1, 0.15) is 39.2 Å². The largest absolute Gasteiger partial charge is 0.495 e. The minimum absolute atomic E-state index is 0.0187. The van der Waals surface area contributed by atoms with E-state index in [1.807, 2.05) is 41.3 Å². The first-order chi connectivity index (χ1) is 14.2. The minimum atomic E-state index is 0.0187. The molecule has 0 radical (unpaired) electrons. The van der Waals surface area contributed by atoms with E-state index in [1.165, 1.54) is 11.1 Å². The Morgan fingerprint density at radius 1 is 1.03 bits per heavy atom. The monoisotopic (exact) mass is 382 g/mol. The molecule has 0 saturated carbocycles. The van der Waals surface area contributed by atoms with Crippen molar-refractivity contribution in [1.29, 1.82) is 0 Å². The number of amides is 1. The molecular weight excluding hydrogens is 360 g/mol. The Balaban J connectivity index is 1.62. The molecule has 1 aliphatic heterocycles. The average Bonchev–Trinajstić information content (AvgIpc) is 3.00. The molecule has 0 spiro atoms. The molecule has 1 aliphatic rings. The molecule has 1 amide bonds. The van der Waals surface area contributed by atoms with Crippen LogP contribution in [0.2, 0.25) is 0 Å². The molecule has 2 aromatic carbocycles. The molecule has 1 aromatic heterocycles. The Hall–Kier alpha value is -3.58. The van der Waals surface area contributed by atoms with Crippen molar-refractivity contribution in [3.8, 4) is 17.6 Å². The Labute approximate surface area is 171 Å². The van der Waals surface area contributed by atoms with Crippen LogP contribution < -0.4 is 4.74 Å². The van der Waals surface area contributed by atoms with Crippen LogP contribution in [0.15, 0.2) is 66.9 Å². The first-order valence-corrected chi connectivity index (χ1v) is 9.72. The van der Waals surface area contributed by atoms with Gasteiger partial charge in [0.1, 0.15) is 11.4 Å². The fourth-order valence-corrected chi connectivity index (χ4v) is 3.56. The lowest BCUT2D eigenvalue weighted by molar-refractivity contribution is 0.0746. The molecule has 0 aliphatic carbocycles. The lowest BCUT2D eigenvalue weighted by Gasteiger charge is -2.21. The number of aromatic nitrogens is 1. The number of carbonyl (C=O) groups is 1. The van der Waals surface area contributed by atoms with Gasteiger partial charge in [-0.3, -0.25) is 4.79 Å². The van der Waals surface area contributed by atoms with E-state index in [0.717, 1.165) is 19.4 Å². The summed E-state index contributed by atoms with van der Waals surface area (Å²) in [6.07, 6.45) is 3.67. The molecule has 29 heavy (non-hydrogen) atoms. The summed E-state index contributed by atoms with van der Waals surface area (Å²) in [6, 6.07) is 19.4. The number of methoxy groups -OCH3 is 1. The SMILES string of the molecule is COc1ccc(C(=O)N2CCCc3ccccc3C2)cc1C#Cc1ccccn1. The zero-order valence-electron chi connectivity index (χ0n) is 16.4.